The fraction of sp³-hybridized carbons (Fsp3) is 0.308. The largest absolute Gasteiger partial charge is 0.379 e. The van der Waals surface area contributed by atoms with E-state index < -0.39 is 25.8 Å². The summed E-state index contributed by atoms with van der Waals surface area (Å²) in [4.78, 5) is 15.1. The van der Waals surface area contributed by atoms with Crippen molar-refractivity contribution in [3.63, 3.8) is 0 Å². The van der Waals surface area contributed by atoms with Crippen LogP contribution in [0.25, 0.3) is 22.3 Å². The summed E-state index contributed by atoms with van der Waals surface area (Å²) in [6.45, 7) is 4.04. The first-order chi connectivity index (χ1) is 18.6. The van der Waals surface area contributed by atoms with Gasteiger partial charge in [0, 0.05) is 44.9 Å². The van der Waals surface area contributed by atoms with Crippen LogP contribution in [0.1, 0.15) is 10.5 Å². The first-order valence-electron chi connectivity index (χ1n) is 12.4. The third-order valence-corrected chi connectivity index (χ3v) is 9.53. The number of hydrogen-bond donors (Lipinski definition) is 1. The van der Waals surface area contributed by atoms with E-state index >= 15 is 0 Å². The molecule has 0 atom stereocenters. The van der Waals surface area contributed by atoms with E-state index in [1.165, 1.54) is 41.1 Å². The first kappa shape index (κ1) is 27.1. The molecule has 13 heteroatoms. The van der Waals surface area contributed by atoms with Gasteiger partial charge in [-0.15, -0.1) is 0 Å². The number of fused-ring (bicyclic) bond motifs is 1. The molecule has 0 bridgehead atoms. The Bertz CT molecular complexity index is 1740. The fourth-order valence-electron chi connectivity index (χ4n) is 4.70. The Hall–Kier alpha value is -3.52. The first-order valence-corrected chi connectivity index (χ1v) is 15.7. The van der Waals surface area contributed by atoms with Gasteiger partial charge in [-0.1, -0.05) is 24.3 Å². The SMILES string of the molecule is Cn1nc(C(=O)NCCN2CCOCC2)cc1-c1cc2c(S(C)(=O)=O)cccc2n1S(=O)(=O)c1ccccc1. The van der Waals surface area contributed by atoms with Crippen molar-refractivity contribution in [1.29, 1.82) is 0 Å². The second-order valence-corrected chi connectivity index (χ2v) is 13.1. The summed E-state index contributed by atoms with van der Waals surface area (Å²) in [6.07, 6.45) is 1.08. The highest BCUT2D eigenvalue weighted by Crippen LogP contribution is 2.35. The monoisotopic (exact) mass is 571 g/mol. The molecule has 1 fully saturated rings. The second-order valence-electron chi connectivity index (χ2n) is 9.32. The number of nitrogens with one attached hydrogen (secondary N) is 1. The minimum atomic E-state index is -4.15. The summed E-state index contributed by atoms with van der Waals surface area (Å²) < 4.78 is 60.8. The minimum Gasteiger partial charge on any atom is -0.379 e. The number of rotatable bonds is 8. The summed E-state index contributed by atoms with van der Waals surface area (Å²) in [5, 5.41) is 7.45. The van der Waals surface area contributed by atoms with Crippen molar-refractivity contribution < 1.29 is 26.4 Å². The Balaban J connectivity index is 1.57. The molecule has 0 spiro atoms. The highest BCUT2D eigenvalue weighted by atomic mass is 32.2. The highest BCUT2D eigenvalue weighted by Gasteiger charge is 2.28. The van der Waals surface area contributed by atoms with E-state index in [-0.39, 0.29) is 32.1 Å². The van der Waals surface area contributed by atoms with Crippen molar-refractivity contribution in [2.45, 2.75) is 9.79 Å². The van der Waals surface area contributed by atoms with Crippen LogP contribution in [-0.2, 0) is 31.6 Å². The Kier molecular flexibility index (Phi) is 7.33. The second kappa shape index (κ2) is 10.6. The lowest BCUT2D eigenvalue weighted by molar-refractivity contribution is 0.0383. The van der Waals surface area contributed by atoms with Crippen LogP contribution < -0.4 is 5.32 Å². The molecular weight excluding hydrogens is 542 g/mol. The fourth-order valence-corrected chi connectivity index (χ4v) is 7.12. The van der Waals surface area contributed by atoms with Crippen LogP contribution in [0.3, 0.4) is 0 Å². The van der Waals surface area contributed by atoms with Crippen molar-refractivity contribution in [2.75, 3.05) is 45.6 Å². The Morgan fingerprint density at radius 2 is 1.69 bits per heavy atom. The zero-order chi connectivity index (χ0) is 27.8. The van der Waals surface area contributed by atoms with Gasteiger partial charge in [-0.05, 0) is 36.4 Å². The molecule has 206 valence electrons. The van der Waals surface area contributed by atoms with Gasteiger partial charge in [0.2, 0.25) is 0 Å². The maximum Gasteiger partial charge on any atom is 0.271 e. The molecule has 1 amide bonds. The normalized spacial score (nSPS) is 15.0. The van der Waals surface area contributed by atoms with Crippen molar-refractivity contribution in [1.82, 2.24) is 24.0 Å². The van der Waals surface area contributed by atoms with Gasteiger partial charge < -0.3 is 10.1 Å². The van der Waals surface area contributed by atoms with Crippen LogP contribution in [0.2, 0.25) is 0 Å². The van der Waals surface area contributed by atoms with Gasteiger partial charge in [-0.2, -0.15) is 5.10 Å². The van der Waals surface area contributed by atoms with E-state index in [0.717, 1.165) is 23.3 Å². The number of sulfone groups is 1. The molecule has 1 aliphatic rings. The summed E-state index contributed by atoms with van der Waals surface area (Å²) in [7, 11) is -6.22. The van der Waals surface area contributed by atoms with Crippen LogP contribution >= 0.6 is 0 Å². The Morgan fingerprint density at radius 1 is 0.974 bits per heavy atom. The molecule has 4 aromatic rings. The van der Waals surface area contributed by atoms with Crippen molar-refractivity contribution in [3.05, 3.63) is 66.4 Å². The van der Waals surface area contributed by atoms with Gasteiger partial charge in [-0.25, -0.2) is 20.8 Å². The number of hydrogen-bond acceptors (Lipinski definition) is 8. The number of aryl methyl sites for hydroxylation is 1. The van der Waals surface area contributed by atoms with Gasteiger partial charge in [0.25, 0.3) is 15.9 Å². The van der Waals surface area contributed by atoms with E-state index in [9.17, 15) is 21.6 Å². The van der Waals surface area contributed by atoms with Crippen LogP contribution in [-0.4, -0.2) is 87.0 Å². The molecular formula is C26H29N5O6S2. The number of carbonyl (C=O) groups is 1. The maximum absolute atomic E-state index is 13.9. The van der Waals surface area contributed by atoms with Crippen LogP contribution in [0.5, 0.6) is 0 Å². The number of ether oxygens (including phenoxy) is 1. The standard InChI is InChI=1S/C26H29N5O6S2/c1-29-23(18-21(28-29)26(32)27-11-12-30-13-15-37-16-14-30)24-17-20-22(9-6-10-25(20)38(2,33)34)31(24)39(35,36)19-7-4-3-5-8-19/h3-10,17-18H,11-16H2,1-2H3,(H,27,32). The van der Waals surface area contributed by atoms with Gasteiger partial charge in [-0.3, -0.25) is 14.4 Å². The van der Waals surface area contributed by atoms with Gasteiger partial charge in [0.15, 0.2) is 15.5 Å². The summed E-state index contributed by atoms with van der Waals surface area (Å²) in [6, 6.07) is 15.4. The molecule has 0 saturated carbocycles. The minimum absolute atomic E-state index is 0.00603. The molecule has 1 N–H and O–H groups in total. The molecule has 3 heterocycles. The average molecular weight is 572 g/mol. The predicted octanol–water partition coefficient (Wildman–Crippen LogP) is 1.74. The number of benzene rings is 2. The number of carbonyl (C=O) groups excluding carboxylic acids is 1. The highest BCUT2D eigenvalue weighted by molar-refractivity contribution is 7.91. The van der Waals surface area contributed by atoms with E-state index in [2.05, 4.69) is 15.3 Å². The smallest absolute Gasteiger partial charge is 0.271 e. The van der Waals surface area contributed by atoms with Crippen molar-refractivity contribution in [3.8, 4) is 11.4 Å². The lowest BCUT2D eigenvalue weighted by Crippen LogP contribution is -2.41. The van der Waals surface area contributed by atoms with E-state index in [0.29, 0.717) is 32.0 Å². The third kappa shape index (κ3) is 5.35. The molecule has 11 nitrogen and oxygen atoms in total. The van der Waals surface area contributed by atoms with Gasteiger partial charge >= 0.3 is 0 Å². The van der Waals surface area contributed by atoms with Gasteiger partial charge in [0.05, 0.1) is 39.9 Å². The molecule has 5 rings (SSSR count). The zero-order valence-corrected chi connectivity index (χ0v) is 23.2. The van der Waals surface area contributed by atoms with Crippen molar-refractivity contribution >= 4 is 36.7 Å². The molecule has 2 aromatic carbocycles. The van der Waals surface area contributed by atoms with E-state index in [1.807, 2.05) is 0 Å². The lowest BCUT2D eigenvalue weighted by Gasteiger charge is -2.26. The molecule has 1 saturated heterocycles. The van der Waals surface area contributed by atoms with E-state index in [4.69, 9.17) is 4.74 Å². The molecule has 0 aliphatic carbocycles. The molecule has 1 aliphatic heterocycles. The Labute approximate surface area is 227 Å². The average Bonchev–Trinajstić information content (AvgIpc) is 3.50. The number of amides is 1. The lowest BCUT2D eigenvalue weighted by atomic mass is 10.2. The summed E-state index contributed by atoms with van der Waals surface area (Å²) in [5.41, 5.74) is 0.844. The predicted molar refractivity (Wildman–Crippen MR) is 146 cm³/mol. The molecule has 2 aromatic heterocycles. The summed E-state index contributed by atoms with van der Waals surface area (Å²) >= 11 is 0. The number of nitrogens with zero attached hydrogens (tertiary/aromatic N) is 4. The summed E-state index contributed by atoms with van der Waals surface area (Å²) in [5.74, 6) is -0.393. The van der Waals surface area contributed by atoms with E-state index in [1.54, 1.807) is 31.3 Å². The third-order valence-electron chi connectivity index (χ3n) is 6.63. The topological polar surface area (TPSA) is 133 Å². The number of aromatic nitrogens is 3. The molecule has 0 radical (unpaired) electrons. The molecule has 39 heavy (non-hydrogen) atoms. The maximum atomic E-state index is 13.9. The van der Waals surface area contributed by atoms with Crippen LogP contribution in [0.4, 0.5) is 0 Å². The van der Waals surface area contributed by atoms with Crippen molar-refractivity contribution in [2.24, 2.45) is 7.05 Å². The van der Waals surface area contributed by atoms with Gasteiger partial charge in [0.1, 0.15) is 0 Å². The van der Waals surface area contributed by atoms with Crippen LogP contribution in [0.15, 0.2) is 70.5 Å². The Morgan fingerprint density at radius 3 is 2.38 bits per heavy atom. The van der Waals surface area contributed by atoms with Crippen LogP contribution in [0, 0.1) is 0 Å². The molecule has 0 unspecified atom stereocenters. The quantitative estimate of drug-likeness (QED) is 0.338. The number of morpholine rings is 1. The zero-order valence-electron chi connectivity index (χ0n) is 21.6.